The van der Waals surface area contributed by atoms with Gasteiger partial charge in [-0.2, -0.15) is 5.26 Å². The van der Waals surface area contributed by atoms with Crippen molar-refractivity contribution in [2.75, 3.05) is 0 Å². The molecule has 0 aliphatic carbocycles. The van der Waals surface area contributed by atoms with Crippen LogP contribution in [0.5, 0.6) is 0 Å². The third kappa shape index (κ3) is 3.70. The number of thiazole rings is 1. The quantitative estimate of drug-likeness (QED) is 0.217. The Hall–Kier alpha value is -2.76. The van der Waals surface area contributed by atoms with Gasteiger partial charge in [-0.3, -0.25) is 0 Å². The Kier molecular flexibility index (Phi) is 4.88. The molecule has 0 unspecified atom stereocenters. The van der Waals surface area contributed by atoms with E-state index in [9.17, 15) is 10.1 Å². The van der Waals surface area contributed by atoms with Gasteiger partial charge >= 0.3 is 5.63 Å². The molecule has 2 aromatic heterocycles. The fourth-order valence-corrected chi connectivity index (χ4v) is 3.77. The molecule has 0 radical (unpaired) electrons. The minimum Gasteiger partial charge on any atom is -0.422 e. The number of hydrogen-bond acceptors (Lipinski definition) is 5. The summed E-state index contributed by atoms with van der Waals surface area (Å²) < 4.78 is 6.51. The van der Waals surface area contributed by atoms with Gasteiger partial charge in [0.05, 0.1) is 16.8 Å². The van der Waals surface area contributed by atoms with Crippen LogP contribution in [-0.4, -0.2) is 4.98 Å². The van der Waals surface area contributed by atoms with Crippen LogP contribution < -0.4 is 5.63 Å². The molecule has 0 saturated heterocycles. The highest BCUT2D eigenvalue weighted by Gasteiger charge is 2.13. The second-order valence-electron chi connectivity index (χ2n) is 5.74. The van der Waals surface area contributed by atoms with E-state index in [0.29, 0.717) is 27.4 Å². The largest absolute Gasteiger partial charge is 0.422 e. The third-order valence-electron chi connectivity index (χ3n) is 3.95. The maximum atomic E-state index is 12.3. The molecule has 0 atom stereocenters. The maximum Gasteiger partial charge on any atom is 0.345 e. The molecule has 130 valence electrons. The molecule has 2 aromatic carbocycles. The van der Waals surface area contributed by atoms with Crippen molar-refractivity contribution in [2.45, 2.75) is 0 Å². The smallest absolute Gasteiger partial charge is 0.345 e. The topological polar surface area (TPSA) is 66.9 Å². The summed E-state index contributed by atoms with van der Waals surface area (Å²) in [5.74, 6) is 0. The number of nitriles is 1. The van der Waals surface area contributed by atoms with Crippen molar-refractivity contribution in [3.63, 3.8) is 0 Å². The average molecular weight is 482 g/mol. The Bertz CT molecular complexity index is 1260. The molecule has 6 heteroatoms. The predicted molar refractivity (Wildman–Crippen MR) is 116 cm³/mol. The van der Waals surface area contributed by atoms with Crippen molar-refractivity contribution in [1.29, 1.82) is 5.26 Å². The van der Waals surface area contributed by atoms with Crippen molar-refractivity contribution in [3.8, 4) is 17.3 Å². The van der Waals surface area contributed by atoms with Crippen molar-refractivity contribution in [2.24, 2.45) is 0 Å². The van der Waals surface area contributed by atoms with Crippen LogP contribution in [0.25, 0.3) is 33.9 Å². The number of aromatic nitrogens is 1. The van der Waals surface area contributed by atoms with Crippen LogP contribution in [0.4, 0.5) is 0 Å². The average Bonchev–Trinajstić information content (AvgIpc) is 3.16. The van der Waals surface area contributed by atoms with E-state index < -0.39 is 5.63 Å². The Morgan fingerprint density at radius 3 is 2.74 bits per heavy atom. The number of para-hydroxylation sites is 1. The summed E-state index contributed by atoms with van der Waals surface area (Å²) in [5.41, 5.74) is 2.39. The van der Waals surface area contributed by atoms with Gasteiger partial charge < -0.3 is 4.42 Å². The molecule has 0 N–H and O–H groups in total. The lowest BCUT2D eigenvalue weighted by Gasteiger charge is -1.99. The lowest BCUT2D eigenvalue weighted by atomic mass is 10.1. The molecule has 0 amide bonds. The van der Waals surface area contributed by atoms with E-state index in [0.717, 1.165) is 14.5 Å². The lowest BCUT2D eigenvalue weighted by Crippen LogP contribution is -2.02. The number of benzene rings is 2. The molecule has 0 spiro atoms. The van der Waals surface area contributed by atoms with Gasteiger partial charge in [0, 0.05) is 14.3 Å². The minimum atomic E-state index is -0.439. The zero-order chi connectivity index (χ0) is 18.8. The number of rotatable bonds is 3. The molecule has 27 heavy (non-hydrogen) atoms. The second kappa shape index (κ2) is 7.47. The number of hydrogen-bond donors (Lipinski definition) is 0. The van der Waals surface area contributed by atoms with Gasteiger partial charge in [-0.25, -0.2) is 9.78 Å². The number of nitrogens with zero attached hydrogens (tertiary/aromatic N) is 2. The molecule has 0 aliphatic heterocycles. The summed E-state index contributed by atoms with van der Waals surface area (Å²) in [7, 11) is 0. The normalized spacial score (nSPS) is 11.5. The highest BCUT2D eigenvalue weighted by molar-refractivity contribution is 14.1. The van der Waals surface area contributed by atoms with Gasteiger partial charge in [0.1, 0.15) is 16.7 Å². The molecule has 0 saturated carbocycles. The highest BCUT2D eigenvalue weighted by Crippen LogP contribution is 2.27. The van der Waals surface area contributed by atoms with Crippen LogP contribution in [0.1, 0.15) is 10.6 Å². The molecule has 0 fully saturated rings. The Labute approximate surface area is 172 Å². The summed E-state index contributed by atoms with van der Waals surface area (Å²) in [6.45, 7) is 0. The molecule has 0 bridgehead atoms. The van der Waals surface area contributed by atoms with Gasteiger partial charge in [-0.15, -0.1) is 11.3 Å². The Balaban J connectivity index is 1.75. The molecule has 4 nitrogen and oxygen atoms in total. The Morgan fingerprint density at radius 1 is 1.19 bits per heavy atom. The second-order valence-corrected chi connectivity index (χ2v) is 7.85. The number of halogens is 1. The fourth-order valence-electron chi connectivity index (χ4n) is 2.63. The molecular weight excluding hydrogens is 471 g/mol. The van der Waals surface area contributed by atoms with Gasteiger partial charge in [0.15, 0.2) is 0 Å². The summed E-state index contributed by atoms with van der Waals surface area (Å²) in [6.07, 6.45) is 1.79. The Morgan fingerprint density at radius 2 is 1.96 bits per heavy atom. The molecule has 4 aromatic rings. The van der Waals surface area contributed by atoms with Crippen molar-refractivity contribution >= 4 is 56.5 Å². The SMILES string of the molecule is N#C/C(=C/c1ccc(I)cc1)c1nc(-c2cc3ccccc3oc2=O)cs1. The zero-order valence-corrected chi connectivity index (χ0v) is 16.8. The minimum absolute atomic E-state index is 0.391. The van der Waals surface area contributed by atoms with Gasteiger partial charge in [0.25, 0.3) is 0 Å². The van der Waals surface area contributed by atoms with E-state index in [4.69, 9.17) is 4.42 Å². The lowest BCUT2D eigenvalue weighted by molar-refractivity contribution is 0.563. The summed E-state index contributed by atoms with van der Waals surface area (Å²) in [6, 6.07) is 19.2. The van der Waals surface area contributed by atoms with Crippen LogP contribution >= 0.6 is 33.9 Å². The number of allylic oxidation sites excluding steroid dienone is 1. The van der Waals surface area contributed by atoms with Crippen LogP contribution in [0.15, 0.2) is 69.2 Å². The van der Waals surface area contributed by atoms with E-state index >= 15 is 0 Å². The van der Waals surface area contributed by atoms with E-state index in [1.165, 1.54) is 11.3 Å². The number of fused-ring (bicyclic) bond motifs is 1. The highest BCUT2D eigenvalue weighted by atomic mass is 127. The molecular formula is C21H11IN2O2S. The van der Waals surface area contributed by atoms with Crippen molar-refractivity contribution in [3.05, 3.63) is 84.5 Å². The fraction of sp³-hybridized carbons (Fsp3) is 0. The van der Waals surface area contributed by atoms with Gasteiger partial charge in [-0.05, 0) is 58.5 Å². The van der Waals surface area contributed by atoms with E-state index in [-0.39, 0.29) is 0 Å². The van der Waals surface area contributed by atoms with E-state index in [1.54, 1.807) is 23.6 Å². The first-order valence-electron chi connectivity index (χ1n) is 8.00. The first-order chi connectivity index (χ1) is 13.1. The summed E-state index contributed by atoms with van der Waals surface area (Å²) in [4.78, 5) is 16.8. The van der Waals surface area contributed by atoms with E-state index in [1.807, 2.05) is 42.5 Å². The van der Waals surface area contributed by atoms with Crippen LogP contribution in [-0.2, 0) is 0 Å². The first-order valence-corrected chi connectivity index (χ1v) is 9.96. The van der Waals surface area contributed by atoms with Crippen LogP contribution in [0, 0.1) is 14.9 Å². The van der Waals surface area contributed by atoms with E-state index in [2.05, 4.69) is 33.6 Å². The monoisotopic (exact) mass is 482 g/mol. The molecule has 2 heterocycles. The summed E-state index contributed by atoms with van der Waals surface area (Å²) >= 11 is 3.56. The predicted octanol–water partition coefficient (Wildman–Crippen LogP) is 5.59. The van der Waals surface area contributed by atoms with Crippen molar-refractivity contribution < 1.29 is 4.42 Å². The molecule has 0 aliphatic rings. The van der Waals surface area contributed by atoms with Gasteiger partial charge in [-0.1, -0.05) is 30.3 Å². The maximum absolute atomic E-state index is 12.3. The molecule has 4 rings (SSSR count). The first kappa shape index (κ1) is 17.6. The standard InChI is InChI=1S/C21H11IN2O2S/c22-16-7-5-13(6-8-16)9-15(11-23)20-24-18(12-27-20)17-10-14-3-1-2-4-19(14)26-21(17)25/h1-10,12H/b15-9-. The van der Waals surface area contributed by atoms with Crippen molar-refractivity contribution in [1.82, 2.24) is 4.98 Å². The zero-order valence-electron chi connectivity index (χ0n) is 13.8. The van der Waals surface area contributed by atoms with Gasteiger partial charge in [0.2, 0.25) is 0 Å². The van der Waals surface area contributed by atoms with Crippen LogP contribution in [0.3, 0.4) is 0 Å². The summed E-state index contributed by atoms with van der Waals surface area (Å²) in [5, 5.41) is 12.7. The third-order valence-corrected chi connectivity index (χ3v) is 5.55. The van der Waals surface area contributed by atoms with Crippen LogP contribution in [0.2, 0.25) is 0 Å².